The van der Waals surface area contributed by atoms with Gasteiger partial charge in [0.25, 0.3) is 11.5 Å². The monoisotopic (exact) mass is 555 g/mol. The van der Waals surface area contributed by atoms with Crippen molar-refractivity contribution < 1.29 is 27.8 Å². The fourth-order valence-corrected chi connectivity index (χ4v) is 6.80. The predicted octanol–water partition coefficient (Wildman–Crippen LogP) is 3.28. The second-order valence-electron chi connectivity index (χ2n) is 11.6. The highest BCUT2D eigenvalue weighted by atomic mass is 19.3. The SMILES string of the molecule is CC[C@@]1(O)C(=O)OCc2c1cc1n(c2=O)Cc2c-1c(=O)c1cc(F)cc(CN(C3CC3)C3CC(F)(F)C3)c1n2C. The molecule has 1 aromatic carbocycles. The highest BCUT2D eigenvalue weighted by molar-refractivity contribution is 5.89. The molecule has 3 aromatic rings. The van der Waals surface area contributed by atoms with Crippen LogP contribution in [0.25, 0.3) is 22.2 Å². The number of cyclic esters (lactones) is 1. The van der Waals surface area contributed by atoms with Crippen LogP contribution in [-0.4, -0.2) is 43.1 Å². The van der Waals surface area contributed by atoms with Gasteiger partial charge in [-0.1, -0.05) is 6.92 Å². The van der Waals surface area contributed by atoms with Gasteiger partial charge >= 0.3 is 5.97 Å². The van der Waals surface area contributed by atoms with Crippen molar-refractivity contribution in [3.8, 4) is 11.3 Å². The van der Waals surface area contributed by atoms with Crippen molar-refractivity contribution in [1.29, 1.82) is 0 Å². The molecule has 0 radical (unpaired) electrons. The Bertz CT molecular complexity index is 1750. The average Bonchev–Trinajstić information content (AvgIpc) is 3.66. The number of hydrogen-bond donors (Lipinski definition) is 1. The van der Waals surface area contributed by atoms with E-state index < -0.39 is 34.3 Å². The van der Waals surface area contributed by atoms with Gasteiger partial charge in [0, 0.05) is 49.5 Å². The van der Waals surface area contributed by atoms with Crippen molar-refractivity contribution in [2.24, 2.45) is 7.05 Å². The Labute approximate surface area is 226 Å². The van der Waals surface area contributed by atoms with Gasteiger partial charge in [-0.15, -0.1) is 0 Å². The number of ether oxygens (including phenoxy) is 1. The number of benzene rings is 1. The van der Waals surface area contributed by atoms with Gasteiger partial charge in [0.05, 0.1) is 34.6 Å². The van der Waals surface area contributed by atoms with Gasteiger partial charge < -0.3 is 19.0 Å². The third-order valence-electron chi connectivity index (χ3n) is 9.17. The van der Waals surface area contributed by atoms with Crippen LogP contribution in [0.2, 0.25) is 0 Å². The first-order valence-electron chi connectivity index (χ1n) is 13.6. The number of nitrogens with zero attached hydrogens (tertiary/aromatic N) is 3. The number of fused-ring (bicyclic) bond motifs is 5. The number of carbonyl (C=O) groups excluding carboxylic acids is 1. The molecule has 0 spiro atoms. The van der Waals surface area contributed by atoms with E-state index in [0.29, 0.717) is 16.8 Å². The molecule has 0 bridgehead atoms. The molecule has 4 aliphatic rings. The highest BCUT2D eigenvalue weighted by Gasteiger charge is 2.51. The fraction of sp³-hybridized carbons (Fsp3) is 0.483. The van der Waals surface area contributed by atoms with Gasteiger partial charge in [0.2, 0.25) is 0 Å². The Kier molecular flexibility index (Phi) is 5.29. The van der Waals surface area contributed by atoms with Gasteiger partial charge in [-0.2, -0.15) is 0 Å². The zero-order valence-electron chi connectivity index (χ0n) is 22.1. The summed E-state index contributed by atoms with van der Waals surface area (Å²) in [4.78, 5) is 42.0. The van der Waals surface area contributed by atoms with E-state index in [4.69, 9.17) is 4.74 Å². The standard InChI is InChI=1S/C29H28F3N3O5/c1-3-29(39)20-8-21-23-22(12-35(21)26(37)19(20)13-40-27(29)38)33(2)24-14(6-15(30)7-18(24)25(23)36)11-34(16-4-5-16)17-9-28(31,32)10-17/h6-8,16-17,39H,3-5,9-13H2,1-2H3/t29-/m0/s1. The van der Waals surface area contributed by atoms with Crippen molar-refractivity contribution in [3.63, 3.8) is 0 Å². The second kappa shape index (κ2) is 8.29. The number of pyridine rings is 2. The molecule has 4 heterocycles. The number of halogens is 3. The lowest BCUT2D eigenvalue weighted by Gasteiger charge is -2.43. The quantitative estimate of drug-likeness (QED) is 0.380. The molecular formula is C29H28F3N3O5. The molecule has 2 saturated carbocycles. The maximum Gasteiger partial charge on any atom is 0.343 e. The lowest BCUT2D eigenvalue weighted by Crippen LogP contribution is -2.51. The summed E-state index contributed by atoms with van der Waals surface area (Å²) in [6, 6.07) is 3.88. The van der Waals surface area contributed by atoms with Crippen molar-refractivity contribution >= 4 is 16.9 Å². The number of alkyl halides is 2. The molecule has 210 valence electrons. The van der Waals surface area contributed by atoms with Gasteiger partial charge in [0.15, 0.2) is 11.0 Å². The van der Waals surface area contributed by atoms with Gasteiger partial charge in [-0.3, -0.25) is 14.5 Å². The number of rotatable bonds is 5. The van der Waals surface area contributed by atoms with E-state index in [0.717, 1.165) is 12.8 Å². The molecule has 11 heteroatoms. The van der Waals surface area contributed by atoms with E-state index in [1.54, 1.807) is 18.5 Å². The summed E-state index contributed by atoms with van der Waals surface area (Å²) < 4.78 is 50.7. The zero-order chi connectivity index (χ0) is 28.3. The molecule has 0 saturated heterocycles. The van der Waals surface area contributed by atoms with E-state index in [1.165, 1.54) is 22.8 Å². The van der Waals surface area contributed by atoms with Gasteiger partial charge in [-0.05, 0) is 43.0 Å². The number of hydrogen-bond acceptors (Lipinski definition) is 6. The Morgan fingerprint density at radius 3 is 2.50 bits per heavy atom. The van der Waals surface area contributed by atoms with Crippen LogP contribution < -0.4 is 11.0 Å². The summed E-state index contributed by atoms with van der Waals surface area (Å²) in [7, 11) is 1.74. The van der Waals surface area contributed by atoms with Crippen molar-refractivity contribution in [2.75, 3.05) is 0 Å². The Hall–Kier alpha value is -3.44. The van der Waals surface area contributed by atoms with Gasteiger partial charge in [-0.25, -0.2) is 18.0 Å². The highest BCUT2D eigenvalue weighted by Crippen LogP contribution is 2.45. The number of aliphatic hydroxyl groups is 1. The molecule has 0 unspecified atom stereocenters. The molecule has 2 fully saturated rings. The number of aromatic nitrogens is 2. The minimum absolute atomic E-state index is 0.0245. The van der Waals surface area contributed by atoms with E-state index in [1.807, 2.05) is 4.90 Å². The predicted molar refractivity (Wildman–Crippen MR) is 138 cm³/mol. The topological polar surface area (TPSA) is 93.8 Å². The van der Waals surface area contributed by atoms with E-state index >= 15 is 0 Å². The molecule has 40 heavy (non-hydrogen) atoms. The zero-order valence-corrected chi connectivity index (χ0v) is 22.1. The fourth-order valence-electron chi connectivity index (χ4n) is 6.80. The summed E-state index contributed by atoms with van der Waals surface area (Å²) in [5.74, 6) is -4.15. The molecule has 2 aliphatic heterocycles. The lowest BCUT2D eigenvalue weighted by atomic mass is 9.85. The lowest BCUT2D eigenvalue weighted by molar-refractivity contribution is -0.172. The van der Waals surface area contributed by atoms with E-state index in [-0.39, 0.29) is 78.8 Å². The first-order valence-corrected chi connectivity index (χ1v) is 13.6. The molecular weight excluding hydrogens is 527 g/mol. The molecule has 7 rings (SSSR count). The Morgan fingerprint density at radius 1 is 1.12 bits per heavy atom. The molecule has 2 aromatic heterocycles. The summed E-state index contributed by atoms with van der Waals surface area (Å²) in [5.41, 5.74) is -0.657. The number of aryl methyl sites for hydroxylation is 1. The summed E-state index contributed by atoms with van der Waals surface area (Å²) in [5, 5.41) is 11.2. The Balaban J connectivity index is 1.40. The van der Waals surface area contributed by atoms with E-state index in [9.17, 15) is 32.7 Å². The third kappa shape index (κ3) is 3.49. The van der Waals surface area contributed by atoms with Crippen molar-refractivity contribution in [3.05, 3.63) is 67.0 Å². The van der Waals surface area contributed by atoms with Crippen LogP contribution in [0.3, 0.4) is 0 Å². The minimum atomic E-state index is -2.69. The summed E-state index contributed by atoms with van der Waals surface area (Å²) in [6.07, 6.45) is 1.30. The smallest absolute Gasteiger partial charge is 0.343 e. The number of carbonyl (C=O) groups is 1. The largest absolute Gasteiger partial charge is 0.458 e. The van der Waals surface area contributed by atoms with Crippen LogP contribution in [-0.2, 0) is 41.9 Å². The molecule has 1 atom stereocenters. The van der Waals surface area contributed by atoms with Crippen LogP contribution in [0.15, 0.2) is 27.8 Å². The molecule has 0 amide bonds. The second-order valence-corrected chi connectivity index (χ2v) is 11.6. The molecule has 2 aliphatic carbocycles. The first kappa shape index (κ1) is 25.5. The van der Waals surface area contributed by atoms with Crippen LogP contribution in [0, 0.1) is 5.82 Å². The van der Waals surface area contributed by atoms with E-state index in [2.05, 4.69) is 0 Å². The Morgan fingerprint density at radius 2 is 1.85 bits per heavy atom. The number of esters is 1. The van der Waals surface area contributed by atoms with Gasteiger partial charge in [0.1, 0.15) is 12.4 Å². The van der Waals surface area contributed by atoms with Crippen molar-refractivity contribution in [1.82, 2.24) is 14.0 Å². The van der Waals surface area contributed by atoms with Crippen LogP contribution in [0.5, 0.6) is 0 Å². The molecule has 1 N–H and O–H groups in total. The van der Waals surface area contributed by atoms with Crippen LogP contribution in [0.1, 0.15) is 61.4 Å². The van der Waals surface area contributed by atoms with Crippen LogP contribution >= 0.6 is 0 Å². The van der Waals surface area contributed by atoms with Crippen LogP contribution in [0.4, 0.5) is 13.2 Å². The minimum Gasteiger partial charge on any atom is -0.458 e. The maximum absolute atomic E-state index is 15.0. The molecule has 8 nitrogen and oxygen atoms in total. The third-order valence-corrected chi connectivity index (χ3v) is 9.17. The normalized spacial score (nSPS) is 23.1. The summed E-state index contributed by atoms with van der Waals surface area (Å²) in [6.45, 7) is 1.61. The maximum atomic E-state index is 15.0. The average molecular weight is 556 g/mol. The first-order chi connectivity index (χ1) is 18.9. The summed E-state index contributed by atoms with van der Waals surface area (Å²) >= 11 is 0. The van der Waals surface area contributed by atoms with Crippen molar-refractivity contribution in [2.45, 2.75) is 82.3 Å².